The minimum absolute atomic E-state index is 0.0902. The van der Waals surface area contributed by atoms with E-state index in [0.29, 0.717) is 17.7 Å². The number of pyridine rings is 1. The van der Waals surface area contributed by atoms with Gasteiger partial charge < -0.3 is 5.73 Å². The van der Waals surface area contributed by atoms with Crippen LogP contribution in [-0.4, -0.2) is 4.98 Å². The van der Waals surface area contributed by atoms with Crippen molar-refractivity contribution in [2.24, 2.45) is 5.84 Å². The van der Waals surface area contributed by atoms with Gasteiger partial charge in [0.2, 0.25) is 0 Å². The molecule has 0 fully saturated rings. The van der Waals surface area contributed by atoms with E-state index in [-0.39, 0.29) is 11.1 Å². The zero-order valence-corrected chi connectivity index (χ0v) is 10.9. The van der Waals surface area contributed by atoms with Crippen molar-refractivity contribution in [3.8, 4) is 0 Å². The summed E-state index contributed by atoms with van der Waals surface area (Å²) >= 11 is 5.75. The van der Waals surface area contributed by atoms with Gasteiger partial charge in [0.25, 0.3) is 0 Å². The van der Waals surface area contributed by atoms with Crippen molar-refractivity contribution in [2.45, 2.75) is 12.5 Å². The lowest BCUT2D eigenvalue weighted by atomic mass is 9.99. The van der Waals surface area contributed by atoms with Crippen molar-refractivity contribution in [1.29, 1.82) is 0 Å². The number of nitrogens with two attached hydrogens (primary N) is 2. The number of hydrazine groups is 1. The van der Waals surface area contributed by atoms with Crippen LogP contribution in [0.5, 0.6) is 0 Å². The van der Waals surface area contributed by atoms with Crippen molar-refractivity contribution in [3.63, 3.8) is 0 Å². The quantitative estimate of drug-likeness (QED) is 0.593. The van der Waals surface area contributed by atoms with Gasteiger partial charge in [-0.2, -0.15) is 0 Å². The summed E-state index contributed by atoms with van der Waals surface area (Å²) in [5.41, 5.74) is 10.2. The maximum absolute atomic E-state index is 13.9. The molecule has 19 heavy (non-hydrogen) atoms. The largest absolute Gasteiger partial charge is 0.398 e. The Balaban J connectivity index is 2.30. The maximum atomic E-state index is 13.9. The smallest absolute Gasteiger partial charge is 0.145 e. The molecule has 2 aromatic rings. The van der Waals surface area contributed by atoms with E-state index in [1.807, 2.05) is 0 Å². The standard InChI is InChI=1S/C13H14ClFN4/c14-10-3-1-2-8(13(10)15)6-12(19-17)9-7-18-5-4-11(9)16/h1-5,7,12,19H,6,17H2,(H2,16,18). The van der Waals surface area contributed by atoms with Crippen LogP contribution in [0.2, 0.25) is 5.02 Å². The third-order valence-electron chi connectivity index (χ3n) is 2.92. The van der Waals surface area contributed by atoms with Crippen LogP contribution in [0.25, 0.3) is 0 Å². The number of nitrogens with zero attached hydrogens (tertiary/aromatic N) is 1. The number of nitrogen functional groups attached to an aromatic ring is 1. The summed E-state index contributed by atoms with van der Waals surface area (Å²) in [5, 5.41) is 0.0902. The van der Waals surface area contributed by atoms with Crippen LogP contribution in [0.4, 0.5) is 10.1 Å². The molecular formula is C13H14ClFN4. The highest BCUT2D eigenvalue weighted by atomic mass is 35.5. The lowest BCUT2D eigenvalue weighted by Crippen LogP contribution is -2.30. The first-order valence-corrected chi connectivity index (χ1v) is 6.09. The van der Waals surface area contributed by atoms with Crippen molar-refractivity contribution >= 4 is 17.3 Å². The lowest BCUT2D eigenvalue weighted by molar-refractivity contribution is 0.529. The van der Waals surface area contributed by atoms with Gasteiger partial charge in [-0.05, 0) is 24.1 Å². The predicted octanol–water partition coefficient (Wildman–Crippen LogP) is 2.20. The number of anilines is 1. The van der Waals surface area contributed by atoms with Gasteiger partial charge in [-0.1, -0.05) is 23.7 Å². The summed E-state index contributed by atoms with van der Waals surface area (Å²) in [6.07, 6.45) is 3.54. The first-order valence-electron chi connectivity index (χ1n) is 5.72. The Morgan fingerprint density at radius 2 is 2.16 bits per heavy atom. The second-order valence-electron chi connectivity index (χ2n) is 4.14. The first-order chi connectivity index (χ1) is 9.13. The summed E-state index contributed by atoms with van der Waals surface area (Å²) in [7, 11) is 0. The zero-order valence-electron chi connectivity index (χ0n) is 10.1. The highest BCUT2D eigenvalue weighted by Crippen LogP contribution is 2.25. The molecule has 0 saturated carbocycles. The number of aromatic nitrogens is 1. The Bertz CT molecular complexity index is 576. The molecular weight excluding hydrogens is 267 g/mol. The molecule has 0 radical (unpaired) electrons. The summed E-state index contributed by atoms with van der Waals surface area (Å²) in [6, 6.07) is 6.21. The zero-order chi connectivity index (χ0) is 13.8. The second kappa shape index (κ2) is 5.97. The number of nitrogens with one attached hydrogen (secondary N) is 1. The fourth-order valence-corrected chi connectivity index (χ4v) is 2.09. The van der Waals surface area contributed by atoms with Crippen LogP contribution >= 0.6 is 11.6 Å². The molecule has 4 nitrogen and oxygen atoms in total. The minimum atomic E-state index is -0.438. The number of benzene rings is 1. The molecule has 1 unspecified atom stereocenters. The van der Waals surface area contributed by atoms with Crippen molar-refractivity contribution in [2.75, 3.05) is 5.73 Å². The molecule has 5 N–H and O–H groups in total. The van der Waals surface area contributed by atoms with Gasteiger partial charge in [0.05, 0.1) is 11.1 Å². The van der Waals surface area contributed by atoms with Crippen LogP contribution in [0.3, 0.4) is 0 Å². The molecule has 0 saturated heterocycles. The Hall–Kier alpha value is -1.69. The maximum Gasteiger partial charge on any atom is 0.145 e. The van der Waals surface area contributed by atoms with Gasteiger partial charge in [-0.3, -0.25) is 16.3 Å². The molecule has 2 rings (SSSR count). The molecule has 0 spiro atoms. The summed E-state index contributed by atoms with van der Waals surface area (Å²) in [4.78, 5) is 4.00. The highest BCUT2D eigenvalue weighted by Gasteiger charge is 2.16. The lowest BCUT2D eigenvalue weighted by Gasteiger charge is -2.18. The number of halogens is 2. The Kier molecular flexibility index (Phi) is 4.31. The average molecular weight is 281 g/mol. The SMILES string of the molecule is NNC(Cc1cccc(Cl)c1F)c1cnccc1N. The van der Waals surface area contributed by atoms with Gasteiger partial charge in [-0.15, -0.1) is 0 Å². The van der Waals surface area contributed by atoms with E-state index < -0.39 is 5.82 Å². The summed E-state index contributed by atoms with van der Waals surface area (Å²) in [5.74, 6) is 5.08. The van der Waals surface area contributed by atoms with E-state index in [4.69, 9.17) is 23.2 Å². The Morgan fingerprint density at radius 1 is 1.37 bits per heavy atom. The van der Waals surface area contributed by atoms with E-state index in [0.717, 1.165) is 5.56 Å². The van der Waals surface area contributed by atoms with Gasteiger partial charge in [0, 0.05) is 23.6 Å². The van der Waals surface area contributed by atoms with E-state index in [1.54, 1.807) is 30.6 Å². The Labute approximate surface area is 115 Å². The van der Waals surface area contributed by atoms with Gasteiger partial charge in [0.15, 0.2) is 0 Å². The first kappa shape index (κ1) is 13.7. The van der Waals surface area contributed by atoms with E-state index in [2.05, 4.69) is 10.4 Å². The number of hydrogen-bond acceptors (Lipinski definition) is 4. The molecule has 6 heteroatoms. The Morgan fingerprint density at radius 3 is 2.84 bits per heavy atom. The normalized spacial score (nSPS) is 12.4. The fraction of sp³-hybridized carbons (Fsp3) is 0.154. The molecule has 1 atom stereocenters. The molecule has 100 valence electrons. The molecule has 0 aliphatic carbocycles. The predicted molar refractivity (Wildman–Crippen MR) is 73.8 cm³/mol. The molecule has 0 amide bonds. The van der Waals surface area contributed by atoms with Crippen molar-refractivity contribution in [3.05, 3.63) is 58.6 Å². The van der Waals surface area contributed by atoms with Crippen LogP contribution < -0.4 is 17.0 Å². The molecule has 0 bridgehead atoms. The third-order valence-corrected chi connectivity index (χ3v) is 3.21. The summed E-state index contributed by atoms with van der Waals surface area (Å²) < 4.78 is 13.9. The molecule has 1 aromatic carbocycles. The van der Waals surface area contributed by atoms with Crippen LogP contribution in [-0.2, 0) is 6.42 Å². The fourth-order valence-electron chi connectivity index (χ4n) is 1.89. The van der Waals surface area contributed by atoms with Gasteiger partial charge in [0.1, 0.15) is 5.82 Å². The highest BCUT2D eigenvalue weighted by molar-refractivity contribution is 6.30. The van der Waals surface area contributed by atoms with Crippen LogP contribution in [0, 0.1) is 5.82 Å². The van der Waals surface area contributed by atoms with E-state index in [1.165, 1.54) is 6.07 Å². The van der Waals surface area contributed by atoms with E-state index in [9.17, 15) is 4.39 Å². The minimum Gasteiger partial charge on any atom is -0.398 e. The number of hydrogen-bond donors (Lipinski definition) is 3. The summed E-state index contributed by atoms with van der Waals surface area (Å²) in [6.45, 7) is 0. The van der Waals surface area contributed by atoms with Crippen molar-refractivity contribution in [1.82, 2.24) is 10.4 Å². The van der Waals surface area contributed by atoms with Gasteiger partial charge in [-0.25, -0.2) is 4.39 Å². The molecule has 1 heterocycles. The van der Waals surface area contributed by atoms with Crippen LogP contribution in [0.1, 0.15) is 17.2 Å². The third kappa shape index (κ3) is 3.01. The average Bonchev–Trinajstić information content (AvgIpc) is 2.41. The molecule has 0 aliphatic heterocycles. The number of rotatable bonds is 4. The topological polar surface area (TPSA) is 77.0 Å². The second-order valence-corrected chi connectivity index (χ2v) is 4.55. The molecule has 1 aromatic heterocycles. The van der Waals surface area contributed by atoms with Crippen molar-refractivity contribution < 1.29 is 4.39 Å². The van der Waals surface area contributed by atoms with Gasteiger partial charge >= 0.3 is 0 Å². The monoisotopic (exact) mass is 280 g/mol. The van der Waals surface area contributed by atoms with E-state index >= 15 is 0 Å². The molecule has 0 aliphatic rings. The van der Waals surface area contributed by atoms with Crippen LogP contribution in [0.15, 0.2) is 36.7 Å².